The van der Waals surface area contributed by atoms with E-state index in [0.717, 1.165) is 10.8 Å². The van der Waals surface area contributed by atoms with Gasteiger partial charge in [0.1, 0.15) is 5.52 Å². The summed E-state index contributed by atoms with van der Waals surface area (Å²) in [5.41, 5.74) is 1.82. The number of hydrogen-bond donors (Lipinski definition) is 1. The zero-order valence-corrected chi connectivity index (χ0v) is 15.2. The number of fused-ring (bicyclic) bond motifs is 2. The van der Waals surface area contributed by atoms with Crippen molar-refractivity contribution in [2.24, 2.45) is 0 Å². The fourth-order valence-corrected chi connectivity index (χ4v) is 3.06. The molecule has 4 rings (SSSR count). The minimum atomic E-state index is -0.916. The lowest BCUT2D eigenvalue weighted by Gasteiger charge is -2.16. The molecule has 0 saturated heterocycles. The largest absolute Gasteiger partial charge is 0.449 e. The van der Waals surface area contributed by atoms with Crippen LogP contribution in [0, 0.1) is 0 Å². The zero-order chi connectivity index (χ0) is 19.5. The van der Waals surface area contributed by atoms with Crippen molar-refractivity contribution in [3.8, 4) is 0 Å². The molecular formula is C22H18N2O4. The molecule has 1 N–H and O–H groups in total. The third-order valence-corrected chi connectivity index (χ3v) is 4.51. The Morgan fingerprint density at radius 2 is 1.89 bits per heavy atom. The number of esters is 1. The van der Waals surface area contributed by atoms with Gasteiger partial charge in [0.25, 0.3) is 5.91 Å². The lowest BCUT2D eigenvalue weighted by molar-refractivity contribution is -0.124. The third kappa shape index (κ3) is 3.44. The van der Waals surface area contributed by atoms with E-state index in [9.17, 15) is 9.59 Å². The molecule has 0 saturated carbocycles. The van der Waals surface area contributed by atoms with Crippen LogP contribution in [-0.4, -0.2) is 23.0 Å². The van der Waals surface area contributed by atoms with Crippen molar-refractivity contribution >= 4 is 39.4 Å². The van der Waals surface area contributed by atoms with Crippen LogP contribution in [0.25, 0.3) is 21.9 Å². The predicted octanol–water partition coefficient (Wildman–Crippen LogP) is 4.56. The molecule has 1 unspecified atom stereocenters. The number of para-hydroxylation sites is 1. The van der Waals surface area contributed by atoms with Crippen molar-refractivity contribution in [1.82, 2.24) is 4.98 Å². The van der Waals surface area contributed by atoms with Crippen molar-refractivity contribution in [2.45, 2.75) is 19.4 Å². The first-order valence-electron chi connectivity index (χ1n) is 8.98. The number of hydrogen-bond acceptors (Lipinski definition) is 5. The summed E-state index contributed by atoms with van der Waals surface area (Å²) >= 11 is 0. The topological polar surface area (TPSA) is 81.4 Å². The molecule has 6 heteroatoms. The van der Waals surface area contributed by atoms with Gasteiger partial charge in [0, 0.05) is 5.69 Å². The maximum atomic E-state index is 12.6. The first-order chi connectivity index (χ1) is 13.7. The summed E-state index contributed by atoms with van der Waals surface area (Å²) in [4.78, 5) is 29.3. The van der Waals surface area contributed by atoms with Crippen LogP contribution in [0.3, 0.4) is 0 Å². The highest BCUT2D eigenvalue weighted by atomic mass is 16.5. The molecular weight excluding hydrogens is 356 g/mol. The Morgan fingerprint density at radius 3 is 2.71 bits per heavy atom. The van der Waals surface area contributed by atoms with Gasteiger partial charge in [-0.3, -0.25) is 4.79 Å². The van der Waals surface area contributed by atoms with Crippen LogP contribution in [0.15, 0.2) is 71.5 Å². The van der Waals surface area contributed by atoms with Crippen molar-refractivity contribution < 1.29 is 18.7 Å². The molecule has 1 atom stereocenters. The second-order valence-electron chi connectivity index (χ2n) is 6.36. The summed E-state index contributed by atoms with van der Waals surface area (Å²) in [7, 11) is 0. The second-order valence-corrected chi connectivity index (χ2v) is 6.36. The highest BCUT2D eigenvalue weighted by molar-refractivity contribution is 6.03. The van der Waals surface area contributed by atoms with Gasteiger partial charge in [-0.05, 0) is 41.5 Å². The van der Waals surface area contributed by atoms with E-state index in [2.05, 4.69) is 10.3 Å². The molecule has 6 nitrogen and oxygen atoms in total. The Balaban J connectivity index is 1.50. The van der Waals surface area contributed by atoms with Gasteiger partial charge in [0.2, 0.25) is 0 Å². The number of carbonyl (C=O) groups is 2. The first-order valence-corrected chi connectivity index (χ1v) is 8.98. The minimum absolute atomic E-state index is 0.267. The molecule has 28 heavy (non-hydrogen) atoms. The Morgan fingerprint density at radius 1 is 1.07 bits per heavy atom. The van der Waals surface area contributed by atoms with Gasteiger partial charge in [-0.2, -0.15) is 0 Å². The van der Waals surface area contributed by atoms with E-state index in [0.29, 0.717) is 23.2 Å². The van der Waals surface area contributed by atoms with Crippen molar-refractivity contribution in [1.29, 1.82) is 0 Å². The molecule has 0 aliphatic carbocycles. The molecule has 1 heterocycles. The summed E-state index contributed by atoms with van der Waals surface area (Å²) in [5, 5.41) is 4.92. The maximum absolute atomic E-state index is 12.6. The Labute approximate surface area is 161 Å². The Hall–Kier alpha value is -3.67. The number of nitrogens with one attached hydrogen (secondary N) is 1. The molecule has 140 valence electrons. The van der Waals surface area contributed by atoms with Gasteiger partial charge in [-0.25, -0.2) is 9.78 Å². The van der Waals surface area contributed by atoms with Crippen molar-refractivity contribution in [3.05, 3.63) is 72.6 Å². The average molecular weight is 374 g/mol. The zero-order valence-electron chi connectivity index (χ0n) is 15.2. The normalized spacial score (nSPS) is 12.0. The number of ether oxygens (including phenoxy) is 1. The molecule has 0 aliphatic heterocycles. The highest BCUT2D eigenvalue weighted by Crippen LogP contribution is 2.21. The van der Waals surface area contributed by atoms with Gasteiger partial charge in [-0.1, -0.05) is 43.3 Å². The summed E-state index contributed by atoms with van der Waals surface area (Å²) in [6.07, 6.45) is 0.701. The molecule has 0 fully saturated rings. The number of aromatic nitrogens is 1. The predicted molar refractivity (Wildman–Crippen MR) is 106 cm³/mol. The smallest absolute Gasteiger partial charge is 0.341 e. The molecule has 1 aromatic heterocycles. The molecule has 1 amide bonds. The lowest BCUT2D eigenvalue weighted by Crippen LogP contribution is -2.32. The first kappa shape index (κ1) is 17.7. The van der Waals surface area contributed by atoms with Crippen LogP contribution in [0.4, 0.5) is 5.69 Å². The fourth-order valence-electron chi connectivity index (χ4n) is 3.06. The molecule has 0 spiro atoms. The van der Waals surface area contributed by atoms with E-state index in [1.54, 1.807) is 25.1 Å². The van der Waals surface area contributed by atoms with Gasteiger partial charge >= 0.3 is 5.97 Å². The van der Waals surface area contributed by atoms with Crippen LogP contribution >= 0.6 is 0 Å². The van der Waals surface area contributed by atoms with E-state index >= 15 is 0 Å². The highest BCUT2D eigenvalue weighted by Gasteiger charge is 2.24. The quantitative estimate of drug-likeness (QED) is 0.518. The molecule has 3 aromatic carbocycles. The minimum Gasteiger partial charge on any atom is -0.449 e. The summed E-state index contributed by atoms with van der Waals surface area (Å²) in [5.74, 6) is -0.988. The van der Waals surface area contributed by atoms with Gasteiger partial charge in [-0.15, -0.1) is 0 Å². The van der Waals surface area contributed by atoms with E-state index < -0.39 is 12.1 Å². The number of anilines is 1. The van der Waals surface area contributed by atoms with Crippen molar-refractivity contribution in [3.63, 3.8) is 0 Å². The third-order valence-electron chi connectivity index (χ3n) is 4.51. The molecule has 0 bridgehead atoms. The van der Waals surface area contributed by atoms with E-state index in [1.807, 2.05) is 42.5 Å². The second kappa shape index (κ2) is 7.52. The Kier molecular flexibility index (Phi) is 4.76. The monoisotopic (exact) mass is 374 g/mol. The number of nitrogens with zero attached hydrogens (tertiary/aromatic N) is 1. The van der Waals surface area contributed by atoms with E-state index in [-0.39, 0.29) is 11.5 Å². The van der Waals surface area contributed by atoms with Crippen LogP contribution in [-0.2, 0) is 9.53 Å². The molecule has 0 aliphatic rings. The maximum Gasteiger partial charge on any atom is 0.341 e. The number of amides is 1. The van der Waals surface area contributed by atoms with Crippen LogP contribution in [0.1, 0.15) is 23.7 Å². The molecule has 0 radical (unpaired) electrons. The van der Waals surface area contributed by atoms with Gasteiger partial charge in [0.05, 0.1) is 5.56 Å². The average Bonchev–Trinajstić information content (AvgIpc) is 3.20. The van der Waals surface area contributed by atoms with E-state index in [1.165, 1.54) is 6.39 Å². The summed E-state index contributed by atoms with van der Waals surface area (Å²) in [6, 6.07) is 18.5. The fraction of sp³-hybridized carbons (Fsp3) is 0.136. The van der Waals surface area contributed by atoms with E-state index in [4.69, 9.17) is 9.15 Å². The number of carbonyl (C=O) groups excluding carboxylic acids is 2. The SMILES string of the molecule is CCC(OC(=O)c1cccc2ocnc12)C(=O)Nc1ccc2ccccc2c1. The summed E-state index contributed by atoms with van der Waals surface area (Å²) in [6.45, 7) is 1.79. The standard InChI is InChI=1S/C22H18N2O4/c1-2-18(28-22(26)17-8-5-9-19-20(17)23-13-27-19)21(25)24-16-11-10-14-6-3-4-7-15(14)12-16/h3-13,18H,2H2,1H3,(H,24,25). The number of rotatable bonds is 5. The van der Waals surface area contributed by atoms with Crippen molar-refractivity contribution in [2.75, 3.05) is 5.32 Å². The summed E-state index contributed by atoms with van der Waals surface area (Å²) < 4.78 is 10.7. The van der Waals surface area contributed by atoms with Crippen LogP contribution < -0.4 is 5.32 Å². The van der Waals surface area contributed by atoms with Crippen LogP contribution in [0.5, 0.6) is 0 Å². The lowest BCUT2D eigenvalue weighted by atomic mass is 10.1. The van der Waals surface area contributed by atoms with Crippen LogP contribution in [0.2, 0.25) is 0 Å². The van der Waals surface area contributed by atoms with Gasteiger partial charge in [0.15, 0.2) is 18.1 Å². The molecule has 4 aromatic rings. The number of oxazole rings is 1. The van der Waals surface area contributed by atoms with Gasteiger partial charge < -0.3 is 14.5 Å². The Bertz CT molecular complexity index is 1170. The number of benzene rings is 3.